The second kappa shape index (κ2) is 10.0. The normalized spacial score (nSPS) is 10.7. The Bertz CT molecular complexity index is 1090. The van der Waals surface area contributed by atoms with E-state index in [1.54, 1.807) is 10.3 Å². The predicted molar refractivity (Wildman–Crippen MR) is 123 cm³/mol. The molecular weight excluding hydrogens is 432 g/mol. The molecule has 1 amide bonds. The summed E-state index contributed by atoms with van der Waals surface area (Å²) in [5.74, 6) is -0.392. The molecule has 0 N–H and O–H groups in total. The Morgan fingerprint density at radius 3 is 2.42 bits per heavy atom. The number of aryl methyl sites for hydroxylation is 4. The molecule has 0 saturated carbocycles. The lowest BCUT2D eigenvalue weighted by atomic mass is 10.1. The van der Waals surface area contributed by atoms with E-state index in [0.717, 1.165) is 28.2 Å². The highest BCUT2D eigenvalue weighted by molar-refractivity contribution is 7.99. The van der Waals surface area contributed by atoms with E-state index in [0.29, 0.717) is 16.0 Å². The molecule has 0 radical (unpaired) electrons. The standard InChI is InChI=1S/C22H24N4O3S2/c1-13-6-7-19(14(2)8-13)26(17(5)27)22-25-18(11-31-22)10-29-20(28)12-30-21-23-15(3)9-16(4)24-21/h6-9,11H,10,12H2,1-5H3. The fourth-order valence-electron chi connectivity index (χ4n) is 3.01. The van der Waals surface area contributed by atoms with Crippen molar-refractivity contribution < 1.29 is 14.3 Å². The molecule has 2 aromatic heterocycles. The number of carbonyl (C=O) groups excluding carboxylic acids is 2. The van der Waals surface area contributed by atoms with Crippen LogP contribution in [-0.4, -0.2) is 32.6 Å². The number of carbonyl (C=O) groups is 2. The van der Waals surface area contributed by atoms with Crippen LogP contribution in [0.25, 0.3) is 0 Å². The van der Waals surface area contributed by atoms with Crippen LogP contribution in [0.4, 0.5) is 10.8 Å². The molecule has 0 fully saturated rings. The van der Waals surface area contributed by atoms with Crippen molar-refractivity contribution in [3.8, 4) is 0 Å². The number of ether oxygens (including phenoxy) is 1. The molecule has 3 aromatic rings. The average molecular weight is 457 g/mol. The Hall–Kier alpha value is -2.78. The van der Waals surface area contributed by atoms with Gasteiger partial charge in [0.1, 0.15) is 6.61 Å². The number of anilines is 2. The van der Waals surface area contributed by atoms with Gasteiger partial charge in [-0.25, -0.2) is 15.0 Å². The quantitative estimate of drug-likeness (QED) is 0.290. The van der Waals surface area contributed by atoms with Crippen LogP contribution in [0.3, 0.4) is 0 Å². The van der Waals surface area contributed by atoms with Gasteiger partial charge in [-0.3, -0.25) is 14.5 Å². The molecule has 0 aliphatic carbocycles. The lowest BCUT2D eigenvalue weighted by Crippen LogP contribution is -2.23. The van der Waals surface area contributed by atoms with Crippen LogP contribution in [0.15, 0.2) is 34.8 Å². The molecule has 0 bridgehead atoms. The maximum atomic E-state index is 12.3. The van der Waals surface area contributed by atoms with Gasteiger partial charge in [0, 0.05) is 23.7 Å². The Kier molecular flexibility index (Phi) is 7.40. The maximum Gasteiger partial charge on any atom is 0.316 e. The topological polar surface area (TPSA) is 85.3 Å². The van der Waals surface area contributed by atoms with Crippen LogP contribution < -0.4 is 4.90 Å². The van der Waals surface area contributed by atoms with E-state index in [1.807, 2.05) is 52.0 Å². The van der Waals surface area contributed by atoms with Gasteiger partial charge in [0.25, 0.3) is 0 Å². The number of hydrogen-bond acceptors (Lipinski definition) is 8. The summed E-state index contributed by atoms with van der Waals surface area (Å²) < 4.78 is 5.33. The third-order valence-electron chi connectivity index (χ3n) is 4.30. The van der Waals surface area contributed by atoms with Gasteiger partial charge in [-0.2, -0.15) is 0 Å². The fourth-order valence-corrected chi connectivity index (χ4v) is 4.62. The first-order chi connectivity index (χ1) is 14.7. The van der Waals surface area contributed by atoms with Crippen molar-refractivity contribution in [1.82, 2.24) is 15.0 Å². The molecule has 3 rings (SSSR count). The minimum absolute atomic E-state index is 0.0439. The summed E-state index contributed by atoms with van der Waals surface area (Å²) in [5, 5.41) is 2.89. The molecule has 31 heavy (non-hydrogen) atoms. The molecule has 9 heteroatoms. The van der Waals surface area contributed by atoms with Crippen LogP contribution >= 0.6 is 23.1 Å². The third-order valence-corrected chi connectivity index (χ3v) is 6.00. The molecule has 0 saturated heterocycles. The highest BCUT2D eigenvalue weighted by atomic mass is 32.2. The summed E-state index contributed by atoms with van der Waals surface area (Å²) in [6, 6.07) is 7.79. The smallest absolute Gasteiger partial charge is 0.316 e. The molecule has 7 nitrogen and oxygen atoms in total. The number of benzene rings is 1. The molecule has 1 aromatic carbocycles. The second-order valence-corrected chi connectivity index (χ2v) is 8.93. The number of hydrogen-bond donors (Lipinski definition) is 0. The molecule has 0 unspecified atom stereocenters. The van der Waals surface area contributed by atoms with Crippen LogP contribution in [0.1, 0.15) is 35.1 Å². The Balaban J connectivity index is 1.62. The Labute approximate surface area is 189 Å². The van der Waals surface area contributed by atoms with Crippen molar-refractivity contribution in [2.45, 2.75) is 46.4 Å². The molecule has 162 valence electrons. The monoisotopic (exact) mass is 456 g/mol. The number of amides is 1. The number of esters is 1. The first kappa shape index (κ1) is 22.9. The van der Waals surface area contributed by atoms with Gasteiger partial charge in [0.15, 0.2) is 10.3 Å². The number of rotatable bonds is 7. The van der Waals surface area contributed by atoms with Gasteiger partial charge in [-0.15, -0.1) is 11.3 Å². The number of thioether (sulfide) groups is 1. The van der Waals surface area contributed by atoms with Crippen molar-refractivity contribution in [2.24, 2.45) is 0 Å². The second-order valence-electron chi connectivity index (χ2n) is 7.15. The van der Waals surface area contributed by atoms with Crippen molar-refractivity contribution in [1.29, 1.82) is 0 Å². The van der Waals surface area contributed by atoms with Gasteiger partial charge in [0.05, 0.1) is 17.1 Å². The molecule has 2 heterocycles. The largest absolute Gasteiger partial charge is 0.459 e. The van der Waals surface area contributed by atoms with Crippen molar-refractivity contribution >= 4 is 45.8 Å². The van der Waals surface area contributed by atoms with Gasteiger partial charge < -0.3 is 4.74 Å². The van der Waals surface area contributed by atoms with E-state index < -0.39 is 0 Å². The van der Waals surface area contributed by atoms with E-state index in [-0.39, 0.29) is 24.2 Å². The average Bonchev–Trinajstić information content (AvgIpc) is 3.14. The zero-order valence-corrected chi connectivity index (χ0v) is 19.8. The summed E-state index contributed by atoms with van der Waals surface area (Å²) in [6.45, 7) is 9.30. The van der Waals surface area contributed by atoms with Crippen molar-refractivity contribution in [2.75, 3.05) is 10.7 Å². The molecule has 0 spiro atoms. The van der Waals surface area contributed by atoms with Crippen molar-refractivity contribution in [3.63, 3.8) is 0 Å². The lowest BCUT2D eigenvalue weighted by Gasteiger charge is -2.20. The minimum atomic E-state index is -0.375. The summed E-state index contributed by atoms with van der Waals surface area (Å²) in [6.07, 6.45) is 0. The Morgan fingerprint density at radius 1 is 1.06 bits per heavy atom. The van der Waals surface area contributed by atoms with Crippen LogP contribution in [0, 0.1) is 27.7 Å². The van der Waals surface area contributed by atoms with Gasteiger partial charge in [0.2, 0.25) is 5.91 Å². The minimum Gasteiger partial charge on any atom is -0.459 e. The fraction of sp³-hybridized carbons (Fsp3) is 0.318. The summed E-state index contributed by atoms with van der Waals surface area (Å²) >= 11 is 2.57. The predicted octanol–water partition coefficient (Wildman–Crippen LogP) is 4.69. The summed E-state index contributed by atoms with van der Waals surface area (Å²) in [5.41, 5.74) is 5.22. The number of nitrogens with zero attached hydrogens (tertiary/aromatic N) is 4. The van der Waals surface area contributed by atoms with Gasteiger partial charge in [-0.05, 0) is 45.4 Å². The summed E-state index contributed by atoms with van der Waals surface area (Å²) in [7, 11) is 0. The molecule has 0 atom stereocenters. The zero-order chi connectivity index (χ0) is 22.5. The number of thiazole rings is 1. The maximum absolute atomic E-state index is 12.3. The molecule has 0 aliphatic rings. The van der Waals surface area contributed by atoms with Gasteiger partial charge in [-0.1, -0.05) is 29.5 Å². The van der Waals surface area contributed by atoms with Crippen LogP contribution in [0.2, 0.25) is 0 Å². The SMILES string of the molecule is CC(=O)N(c1nc(COC(=O)CSc2nc(C)cc(C)n2)cs1)c1ccc(C)cc1C. The van der Waals surface area contributed by atoms with E-state index in [1.165, 1.54) is 30.0 Å². The Morgan fingerprint density at radius 2 is 1.77 bits per heavy atom. The first-order valence-corrected chi connectivity index (χ1v) is 11.5. The highest BCUT2D eigenvalue weighted by Gasteiger charge is 2.20. The van der Waals surface area contributed by atoms with E-state index in [4.69, 9.17) is 4.74 Å². The summed E-state index contributed by atoms with van der Waals surface area (Å²) in [4.78, 5) is 39.1. The van der Waals surface area contributed by atoms with Crippen molar-refractivity contribution in [3.05, 3.63) is 57.9 Å². The third kappa shape index (κ3) is 6.11. The zero-order valence-electron chi connectivity index (χ0n) is 18.1. The van der Waals surface area contributed by atoms with Gasteiger partial charge >= 0.3 is 5.97 Å². The molecular formula is C22H24N4O3S2. The molecule has 0 aliphatic heterocycles. The number of aromatic nitrogens is 3. The van der Waals surface area contributed by atoms with E-state index in [2.05, 4.69) is 15.0 Å². The van der Waals surface area contributed by atoms with E-state index >= 15 is 0 Å². The van der Waals surface area contributed by atoms with E-state index in [9.17, 15) is 9.59 Å². The lowest BCUT2D eigenvalue weighted by molar-refractivity contribution is -0.141. The van der Waals surface area contributed by atoms with Crippen LogP contribution in [-0.2, 0) is 20.9 Å². The first-order valence-electron chi connectivity index (χ1n) is 9.66. The van der Waals surface area contributed by atoms with Crippen LogP contribution in [0.5, 0.6) is 0 Å². The highest BCUT2D eigenvalue weighted by Crippen LogP contribution is 2.32.